The molecule has 0 atom stereocenters. The van der Waals surface area contributed by atoms with Gasteiger partial charge >= 0.3 is 6.03 Å². The number of aromatic nitrogens is 2. The van der Waals surface area contributed by atoms with Crippen LogP contribution in [-0.4, -0.2) is 21.4 Å². The Morgan fingerprint density at radius 3 is 2.56 bits per heavy atom. The van der Waals surface area contributed by atoms with Crippen molar-refractivity contribution in [3.8, 4) is 0 Å². The maximum atomic E-state index is 12.1. The summed E-state index contributed by atoms with van der Waals surface area (Å²) < 4.78 is 1.42. The lowest BCUT2D eigenvalue weighted by molar-refractivity contribution is 0.231. The Hall–Kier alpha value is -1.84. The van der Waals surface area contributed by atoms with E-state index in [2.05, 4.69) is 17.3 Å². The maximum Gasteiger partial charge on any atom is 0.343 e. The van der Waals surface area contributed by atoms with Crippen LogP contribution in [0.2, 0.25) is 0 Å². The second-order valence-electron chi connectivity index (χ2n) is 5.68. The van der Waals surface area contributed by atoms with E-state index in [0.717, 1.165) is 10.9 Å². The summed E-state index contributed by atoms with van der Waals surface area (Å²) in [6.07, 6.45) is 1.75. The number of nitrogens with one attached hydrogen (secondary N) is 1. The van der Waals surface area contributed by atoms with E-state index in [1.54, 1.807) is 6.20 Å². The Balaban J connectivity index is 2.48. The van der Waals surface area contributed by atoms with Gasteiger partial charge in [0.2, 0.25) is 0 Å². The van der Waals surface area contributed by atoms with Crippen molar-refractivity contribution in [2.24, 2.45) is 0 Å². The summed E-state index contributed by atoms with van der Waals surface area (Å²) in [5, 5.41) is 8.12. The van der Waals surface area contributed by atoms with Gasteiger partial charge in [-0.15, -0.1) is 0 Å². The van der Waals surface area contributed by atoms with Crippen molar-refractivity contribution < 1.29 is 4.79 Å². The number of hydrogen-bond acceptors (Lipinski definition) is 2. The Bertz CT molecular complexity index is 605. The van der Waals surface area contributed by atoms with Crippen molar-refractivity contribution in [3.63, 3.8) is 0 Å². The van der Waals surface area contributed by atoms with E-state index in [4.69, 9.17) is 0 Å². The van der Waals surface area contributed by atoms with Crippen LogP contribution in [-0.2, 0) is 0 Å². The number of benzene rings is 1. The molecule has 4 nitrogen and oxygen atoms in total. The molecule has 1 heterocycles. The van der Waals surface area contributed by atoms with E-state index in [1.807, 2.05) is 39.8 Å². The summed E-state index contributed by atoms with van der Waals surface area (Å²) in [7, 11) is 0. The van der Waals surface area contributed by atoms with Gasteiger partial charge in [-0.05, 0) is 51.8 Å². The lowest BCUT2D eigenvalue weighted by atomic mass is 10.1. The highest BCUT2D eigenvalue weighted by atomic mass is 16.2. The van der Waals surface area contributed by atoms with E-state index in [1.165, 1.54) is 15.8 Å². The van der Waals surface area contributed by atoms with Gasteiger partial charge in [0, 0.05) is 10.9 Å². The van der Waals surface area contributed by atoms with Crippen LogP contribution in [0.25, 0.3) is 10.9 Å². The SMILES string of the molecule is Cc1ccc2c(cnn2C(=O)NC(C)(C)C)c1C. The molecule has 4 heteroatoms. The molecule has 96 valence electrons. The van der Waals surface area contributed by atoms with Crippen molar-refractivity contribution in [1.82, 2.24) is 15.1 Å². The molecular formula is C14H19N3O. The number of amides is 1. The van der Waals surface area contributed by atoms with Crippen LogP contribution in [0, 0.1) is 13.8 Å². The fourth-order valence-corrected chi connectivity index (χ4v) is 1.88. The molecule has 0 saturated carbocycles. The van der Waals surface area contributed by atoms with Gasteiger partial charge in [0.1, 0.15) is 0 Å². The molecule has 0 spiro atoms. The molecule has 0 aliphatic carbocycles. The maximum absolute atomic E-state index is 12.1. The first-order chi connectivity index (χ1) is 8.29. The number of fused-ring (bicyclic) bond motifs is 1. The van der Waals surface area contributed by atoms with Crippen molar-refractivity contribution in [2.75, 3.05) is 0 Å². The standard InChI is InChI=1S/C14H19N3O/c1-9-6-7-12-11(10(9)2)8-15-17(12)13(18)16-14(3,4)5/h6-8H,1-5H3,(H,16,18). The lowest BCUT2D eigenvalue weighted by Crippen LogP contribution is -2.43. The molecule has 0 unspecified atom stereocenters. The zero-order chi connectivity index (χ0) is 13.5. The molecule has 1 aromatic carbocycles. The molecule has 0 saturated heterocycles. The Morgan fingerprint density at radius 1 is 1.28 bits per heavy atom. The van der Waals surface area contributed by atoms with Gasteiger partial charge in [0.05, 0.1) is 11.7 Å². The average Bonchev–Trinajstić information content (AvgIpc) is 2.65. The first-order valence-electron chi connectivity index (χ1n) is 6.06. The fourth-order valence-electron chi connectivity index (χ4n) is 1.88. The third-order valence-corrected chi connectivity index (χ3v) is 2.97. The van der Waals surface area contributed by atoms with Gasteiger partial charge in [-0.2, -0.15) is 9.78 Å². The first-order valence-corrected chi connectivity index (χ1v) is 6.06. The highest BCUT2D eigenvalue weighted by Crippen LogP contribution is 2.21. The molecule has 0 radical (unpaired) electrons. The third-order valence-electron chi connectivity index (χ3n) is 2.97. The van der Waals surface area contributed by atoms with Gasteiger partial charge in [-0.3, -0.25) is 0 Å². The minimum atomic E-state index is -0.269. The monoisotopic (exact) mass is 245 g/mol. The van der Waals surface area contributed by atoms with Gasteiger partial charge < -0.3 is 5.32 Å². The number of carbonyl (C=O) groups excluding carboxylic acids is 1. The molecule has 2 rings (SSSR count). The minimum absolute atomic E-state index is 0.194. The lowest BCUT2D eigenvalue weighted by Gasteiger charge is -2.20. The van der Waals surface area contributed by atoms with Crippen molar-refractivity contribution in [1.29, 1.82) is 0 Å². The zero-order valence-corrected chi connectivity index (χ0v) is 11.5. The molecule has 2 aromatic rings. The van der Waals surface area contributed by atoms with Crippen LogP contribution in [0.1, 0.15) is 31.9 Å². The van der Waals surface area contributed by atoms with Crippen molar-refractivity contribution in [2.45, 2.75) is 40.2 Å². The quantitative estimate of drug-likeness (QED) is 0.775. The van der Waals surface area contributed by atoms with Crippen LogP contribution in [0.5, 0.6) is 0 Å². The number of rotatable bonds is 0. The van der Waals surface area contributed by atoms with Crippen LogP contribution in [0.3, 0.4) is 0 Å². The summed E-state index contributed by atoms with van der Waals surface area (Å²) in [5.41, 5.74) is 2.95. The minimum Gasteiger partial charge on any atom is -0.332 e. The fraction of sp³-hybridized carbons (Fsp3) is 0.429. The normalized spacial score (nSPS) is 11.8. The zero-order valence-electron chi connectivity index (χ0n) is 11.5. The number of aryl methyl sites for hydroxylation is 2. The van der Waals surface area contributed by atoms with Gasteiger partial charge in [0.15, 0.2) is 0 Å². The van der Waals surface area contributed by atoms with E-state index in [9.17, 15) is 4.79 Å². The Morgan fingerprint density at radius 2 is 1.94 bits per heavy atom. The second kappa shape index (κ2) is 4.12. The molecule has 0 aliphatic heterocycles. The first kappa shape index (κ1) is 12.6. The van der Waals surface area contributed by atoms with Crippen LogP contribution in [0.4, 0.5) is 4.79 Å². The van der Waals surface area contributed by atoms with E-state index in [-0.39, 0.29) is 11.6 Å². The van der Waals surface area contributed by atoms with E-state index < -0.39 is 0 Å². The Labute approximate surface area is 107 Å². The third kappa shape index (κ3) is 2.23. The summed E-state index contributed by atoms with van der Waals surface area (Å²) >= 11 is 0. The largest absolute Gasteiger partial charge is 0.343 e. The van der Waals surface area contributed by atoms with E-state index >= 15 is 0 Å². The predicted octanol–water partition coefficient (Wildman–Crippen LogP) is 3.01. The van der Waals surface area contributed by atoms with Crippen molar-refractivity contribution >= 4 is 16.9 Å². The number of nitrogens with zero attached hydrogens (tertiary/aromatic N) is 2. The molecule has 1 N–H and O–H groups in total. The average molecular weight is 245 g/mol. The topological polar surface area (TPSA) is 46.9 Å². The summed E-state index contributed by atoms with van der Waals surface area (Å²) in [5.74, 6) is 0. The molecule has 0 bridgehead atoms. The van der Waals surface area contributed by atoms with Crippen LogP contribution < -0.4 is 5.32 Å². The van der Waals surface area contributed by atoms with Crippen molar-refractivity contribution in [3.05, 3.63) is 29.5 Å². The highest BCUT2D eigenvalue weighted by Gasteiger charge is 2.18. The molecule has 0 aliphatic rings. The van der Waals surface area contributed by atoms with Crippen LogP contribution >= 0.6 is 0 Å². The van der Waals surface area contributed by atoms with E-state index in [0.29, 0.717) is 0 Å². The summed E-state index contributed by atoms with van der Waals surface area (Å²) in [6.45, 7) is 9.96. The highest BCUT2D eigenvalue weighted by molar-refractivity contribution is 5.92. The summed E-state index contributed by atoms with van der Waals surface area (Å²) in [4.78, 5) is 12.1. The van der Waals surface area contributed by atoms with Gasteiger partial charge in [-0.1, -0.05) is 6.07 Å². The van der Waals surface area contributed by atoms with Gasteiger partial charge in [0.25, 0.3) is 0 Å². The smallest absolute Gasteiger partial charge is 0.332 e. The van der Waals surface area contributed by atoms with Gasteiger partial charge in [-0.25, -0.2) is 4.79 Å². The summed E-state index contributed by atoms with van der Waals surface area (Å²) in [6, 6.07) is 3.76. The number of hydrogen-bond donors (Lipinski definition) is 1. The molecule has 18 heavy (non-hydrogen) atoms. The molecule has 1 amide bonds. The van der Waals surface area contributed by atoms with Crippen LogP contribution in [0.15, 0.2) is 18.3 Å². The second-order valence-corrected chi connectivity index (χ2v) is 5.68. The molecular weight excluding hydrogens is 226 g/mol. The Kier molecular flexibility index (Phi) is 2.89. The molecule has 1 aromatic heterocycles. The number of carbonyl (C=O) groups is 1. The predicted molar refractivity (Wildman–Crippen MR) is 72.9 cm³/mol. The molecule has 0 fully saturated rings.